The first-order valence-corrected chi connectivity index (χ1v) is 7.30. The van der Waals surface area contributed by atoms with E-state index >= 15 is 0 Å². The van der Waals surface area contributed by atoms with Crippen LogP contribution in [0.25, 0.3) is 0 Å². The Balaban J connectivity index is 4.03. The van der Waals surface area contributed by atoms with E-state index in [-0.39, 0.29) is 0 Å². The number of hydrogen-bond acceptors (Lipinski definition) is 3. The molecule has 0 aliphatic carbocycles. The van der Waals surface area contributed by atoms with Crippen LogP contribution in [0.2, 0.25) is 0 Å². The summed E-state index contributed by atoms with van der Waals surface area (Å²) >= 11 is 1.89. The summed E-state index contributed by atoms with van der Waals surface area (Å²) in [7, 11) is 2.11. The van der Waals surface area contributed by atoms with Crippen molar-refractivity contribution in [1.29, 1.82) is 0 Å². The van der Waals surface area contributed by atoms with Gasteiger partial charge in [-0.15, -0.1) is 0 Å². The molecule has 0 aromatic heterocycles. The van der Waals surface area contributed by atoms with Crippen LogP contribution in [0.15, 0.2) is 0 Å². The lowest BCUT2D eigenvalue weighted by Gasteiger charge is -2.34. The van der Waals surface area contributed by atoms with Gasteiger partial charge in [0.2, 0.25) is 0 Å². The second-order valence-corrected chi connectivity index (χ2v) is 5.46. The van der Waals surface area contributed by atoms with Crippen molar-refractivity contribution in [3.63, 3.8) is 0 Å². The molecule has 1 N–H and O–H groups in total. The third-order valence-corrected chi connectivity index (χ3v) is 4.00. The summed E-state index contributed by atoms with van der Waals surface area (Å²) in [5.74, 6) is 1.20. The van der Waals surface area contributed by atoms with E-state index in [0.29, 0.717) is 6.04 Å². The van der Waals surface area contributed by atoms with Crippen LogP contribution >= 0.6 is 11.8 Å². The van der Waals surface area contributed by atoms with Crippen LogP contribution in [0, 0.1) is 0 Å². The Labute approximate surface area is 99.4 Å². The number of thioether (sulfide) groups is 1. The van der Waals surface area contributed by atoms with Gasteiger partial charge in [-0.3, -0.25) is 0 Å². The van der Waals surface area contributed by atoms with E-state index in [4.69, 9.17) is 0 Å². The fourth-order valence-electron chi connectivity index (χ4n) is 1.60. The zero-order chi connectivity index (χ0) is 11.9. The maximum Gasteiger partial charge on any atom is 0.0768 e. The molecule has 0 bridgehead atoms. The predicted molar refractivity (Wildman–Crippen MR) is 70.6 cm³/mol. The third-order valence-electron chi connectivity index (χ3n) is 3.35. The van der Waals surface area contributed by atoms with E-state index in [0.717, 1.165) is 19.4 Å². The van der Waals surface area contributed by atoms with E-state index in [1.54, 1.807) is 0 Å². The van der Waals surface area contributed by atoms with Crippen LogP contribution in [0.1, 0.15) is 40.0 Å². The van der Waals surface area contributed by atoms with E-state index in [1.807, 2.05) is 11.8 Å². The fraction of sp³-hybridized carbons (Fsp3) is 1.00. The van der Waals surface area contributed by atoms with Crippen molar-refractivity contribution in [1.82, 2.24) is 4.90 Å². The van der Waals surface area contributed by atoms with Crippen molar-refractivity contribution >= 4 is 11.8 Å². The van der Waals surface area contributed by atoms with Gasteiger partial charge in [-0.1, -0.05) is 13.8 Å². The molecule has 0 spiro atoms. The van der Waals surface area contributed by atoms with Crippen LogP contribution in [-0.4, -0.2) is 47.3 Å². The standard InChI is InChI=1S/C12H27NOS/c1-6-12(14,7-2)10-13(4)11(3)8-9-15-5/h11,14H,6-10H2,1-5H3. The van der Waals surface area contributed by atoms with Gasteiger partial charge in [0.05, 0.1) is 5.60 Å². The lowest BCUT2D eigenvalue weighted by molar-refractivity contribution is -0.00553. The van der Waals surface area contributed by atoms with Gasteiger partial charge in [0.25, 0.3) is 0 Å². The maximum atomic E-state index is 10.2. The molecular formula is C12H27NOS. The molecule has 0 aliphatic heterocycles. The molecule has 0 fully saturated rings. The second kappa shape index (κ2) is 7.53. The average Bonchev–Trinajstić information content (AvgIpc) is 2.25. The van der Waals surface area contributed by atoms with Gasteiger partial charge in [0.15, 0.2) is 0 Å². The van der Waals surface area contributed by atoms with Crippen LogP contribution in [0.4, 0.5) is 0 Å². The molecule has 0 amide bonds. The highest BCUT2D eigenvalue weighted by atomic mass is 32.2. The van der Waals surface area contributed by atoms with Crippen LogP contribution in [0.3, 0.4) is 0 Å². The molecule has 0 saturated carbocycles. The van der Waals surface area contributed by atoms with Crippen molar-refractivity contribution in [3.8, 4) is 0 Å². The molecule has 3 heteroatoms. The quantitative estimate of drug-likeness (QED) is 0.697. The summed E-state index contributed by atoms with van der Waals surface area (Å²) < 4.78 is 0. The minimum Gasteiger partial charge on any atom is -0.389 e. The Morgan fingerprint density at radius 2 is 1.87 bits per heavy atom. The number of rotatable bonds is 8. The Kier molecular flexibility index (Phi) is 7.66. The number of likely N-dealkylation sites (N-methyl/N-ethyl adjacent to an activating group) is 1. The first kappa shape index (κ1) is 15.3. The normalized spacial score (nSPS) is 14.6. The topological polar surface area (TPSA) is 23.5 Å². The summed E-state index contributed by atoms with van der Waals surface area (Å²) in [5.41, 5.74) is -0.498. The predicted octanol–water partition coefficient (Wildman–Crippen LogP) is 2.61. The maximum absolute atomic E-state index is 10.2. The highest BCUT2D eigenvalue weighted by Gasteiger charge is 2.25. The third kappa shape index (κ3) is 5.79. The minimum absolute atomic E-state index is 0.498. The zero-order valence-electron chi connectivity index (χ0n) is 10.9. The monoisotopic (exact) mass is 233 g/mol. The molecule has 1 atom stereocenters. The smallest absolute Gasteiger partial charge is 0.0768 e. The first-order chi connectivity index (χ1) is 6.99. The Bertz CT molecular complexity index is 160. The number of nitrogens with zero attached hydrogens (tertiary/aromatic N) is 1. The average molecular weight is 233 g/mol. The van der Waals surface area contributed by atoms with E-state index < -0.39 is 5.60 Å². The molecule has 0 radical (unpaired) electrons. The molecule has 0 aromatic carbocycles. The molecule has 0 saturated heterocycles. The van der Waals surface area contributed by atoms with E-state index in [1.165, 1.54) is 12.2 Å². The van der Waals surface area contributed by atoms with Gasteiger partial charge >= 0.3 is 0 Å². The van der Waals surface area contributed by atoms with E-state index in [9.17, 15) is 5.11 Å². The minimum atomic E-state index is -0.498. The zero-order valence-corrected chi connectivity index (χ0v) is 11.7. The second-order valence-electron chi connectivity index (χ2n) is 4.48. The Hall–Kier alpha value is 0.270. The first-order valence-electron chi connectivity index (χ1n) is 5.90. The van der Waals surface area contributed by atoms with Crippen LogP contribution < -0.4 is 0 Å². The lowest BCUT2D eigenvalue weighted by atomic mass is 9.96. The van der Waals surface area contributed by atoms with Gasteiger partial charge in [0.1, 0.15) is 0 Å². The van der Waals surface area contributed by atoms with Gasteiger partial charge in [-0.2, -0.15) is 11.8 Å². The lowest BCUT2D eigenvalue weighted by Crippen LogP contribution is -2.44. The number of hydrogen-bond donors (Lipinski definition) is 1. The van der Waals surface area contributed by atoms with Crippen LogP contribution in [0.5, 0.6) is 0 Å². The summed E-state index contributed by atoms with van der Waals surface area (Å²) in [5, 5.41) is 10.2. The largest absolute Gasteiger partial charge is 0.389 e. The van der Waals surface area contributed by atoms with E-state index in [2.05, 4.69) is 39.0 Å². The molecular weight excluding hydrogens is 206 g/mol. The molecule has 92 valence electrons. The molecule has 1 unspecified atom stereocenters. The summed E-state index contributed by atoms with van der Waals surface area (Å²) in [4.78, 5) is 2.28. The van der Waals surface area contributed by atoms with Gasteiger partial charge in [-0.25, -0.2) is 0 Å². The molecule has 0 heterocycles. The highest BCUT2D eigenvalue weighted by Crippen LogP contribution is 2.18. The Morgan fingerprint density at radius 3 is 2.27 bits per heavy atom. The number of aliphatic hydroxyl groups is 1. The molecule has 0 rings (SSSR count). The van der Waals surface area contributed by atoms with Gasteiger partial charge in [0, 0.05) is 12.6 Å². The van der Waals surface area contributed by atoms with Crippen molar-refractivity contribution in [2.24, 2.45) is 0 Å². The molecule has 15 heavy (non-hydrogen) atoms. The van der Waals surface area contributed by atoms with Crippen molar-refractivity contribution in [3.05, 3.63) is 0 Å². The van der Waals surface area contributed by atoms with Crippen molar-refractivity contribution in [2.45, 2.75) is 51.7 Å². The molecule has 2 nitrogen and oxygen atoms in total. The van der Waals surface area contributed by atoms with Crippen molar-refractivity contribution < 1.29 is 5.11 Å². The fourth-order valence-corrected chi connectivity index (χ4v) is 2.18. The molecule has 0 aromatic rings. The Morgan fingerprint density at radius 1 is 1.33 bits per heavy atom. The van der Waals surface area contributed by atoms with Crippen molar-refractivity contribution in [2.75, 3.05) is 25.6 Å². The summed E-state index contributed by atoms with van der Waals surface area (Å²) in [6.45, 7) is 7.14. The van der Waals surface area contributed by atoms with Gasteiger partial charge in [-0.05, 0) is 45.2 Å². The SMILES string of the molecule is CCC(O)(CC)CN(C)C(C)CCSC. The summed E-state index contributed by atoms with van der Waals surface area (Å²) in [6.07, 6.45) is 5.01. The molecule has 0 aliphatic rings. The summed E-state index contributed by atoms with van der Waals surface area (Å²) in [6, 6.07) is 0.557. The highest BCUT2D eigenvalue weighted by molar-refractivity contribution is 7.98. The van der Waals surface area contributed by atoms with Crippen LogP contribution in [-0.2, 0) is 0 Å². The van der Waals surface area contributed by atoms with Gasteiger partial charge < -0.3 is 10.0 Å².